The number of rotatable bonds is 6. The second-order valence-corrected chi connectivity index (χ2v) is 7.28. The van der Waals surface area contributed by atoms with E-state index in [-0.39, 0.29) is 17.4 Å². The van der Waals surface area contributed by atoms with Crippen molar-refractivity contribution in [2.24, 2.45) is 11.3 Å². The third-order valence-electron chi connectivity index (χ3n) is 5.39. The van der Waals surface area contributed by atoms with Crippen LogP contribution in [-0.4, -0.2) is 44.9 Å². The molecule has 136 valence electrons. The molecule has 0 spiro atoms. The van der Waals surface area contributed by atoms with E-state index < -0.39 is 0 Å². The number of carbonyl (C=O) groups excluding carboxylic acids is 1. The van der Waals surface area contributed by atoms with Crippen LogP contribution in [0.2, 0.25) is 0 Å². The Bertz CT molecular complexity index is 655. The number of carbonyl (C=O) groups is 1. The fraction of sp³-hybridized carbons (Fsp3) is 0.550. The molecule has 3 rings (SSSR count). The highest BCUT2D eigenvalue weighted by Crippen LogP contribution is 2.45. The van der Waals surface area contributed by atoms with Gasteiger partial charge < -0.3 is 19.1 Å². The van der Waals surface area contributed by atoms with Gasteiger partial charge in [-0.15, -0.1) is 6.58 Å². The average Bonchev–Trinajstić information content (AvgIpc) is 3.40. The molecule has 0 bridgehead atoms. The highest BCUT2D eigenvalue weighted by atomic mass is 16.5. The van der Waals surface area contributed by atoms with Crippen LogP contribution in [-0.2, 0) is 4.74 Å². The van der Waals surface area contributed by atoms with E-state index in [1.807, 2.05) is 12.1 Å². The molecule has 25 heavy (non-hydrogen) atoms. The minimum atomic E-state index is -0.297. The molecule has 1 saturated heterocycles. The fourth-order valence-electron chi connectivity index (χ4n) is 3.49. The maximum absolute atomic E-state index is 12.0. The number of nitrogens with zero attached hydrogens (tertiary/aromatic N) is 1. The molecule has 2 fully saturated rings. The third kappa shape index (κ3) is 3.60. The van der Waals surface area contributed by atoms with Crippen molar-refractivity contribution in [2.45, 2.75) is 25.7 Å². The van der Waals surface area contributed by atoms with Gasteiger partial charge in [-0.3, -0.25) is 0 Å². The fourth-order valence-corrected chi connectivity index (χ4v) is 3.49. The Morgan fingerprint density at radius 2 is 2.12 bits per heavy atom. The van der Waals surface area contributed by atoms with Crippen LogP contribution in [0.15, 0.2) is 30.9 Å². The van der Waals surface area contributed by atoms with Crippen LogP contribution in [0.5, 0.6) is 11.5 Å². The molecular weight excluding hydrogens is 318 g/mol. The number of benzene rings is 1. The quantitative estimate of drug-likeness (QED) is 0.735. The van der Waals surface area contributed by atoms with Gasteiger partial charge >= 0.3 is 6.09 Å². The first-order chi connectivity index (χ1) is 12.0. The molecule has 1 aliphatic heterocycles. The summed E-state index contributed by atoms with van der Waals surface area (Å²) in [6.07, 6.45) is 4.13. The summed E-state index contributed by atoms with van der Waals surface area (Å²) in [6.45, 7) is 8.06. The summed E-state index contributed by atoms with van der Waals surface area (Å²) in [4.78, 5) is 13.7. The highest BCUT2D eigenvalue weighted by Gasteiger charge is 2.44. The lowest BCUT2D eigenvalue weighted by Crippen LogP contribution is -2.30. The van der Waals surface area contributed by atoms with Gasteiger partial charge in [0, 0.05) is 24.4 Å². The first-order valence-electron chi connectivity index (χ1n) is 8.78. The average molecular weight is 345 g/mol. The second kappa shape index (κ2) is 6.98. The minimum Gasteiger partial charge on any atom is -0.493 e. The van der Waals surface area contributed by atoms with E-state index in [0.29, 0.717) is 19.0 Å². The lowest BCUT2D eigenvalue weighted by Gasteiger charge is -2.27. The molecule has 1 aromatic rings. The van der Waals surface area contributed by atoms with Gasteiger partial charge in [-0.25, -0.2) is 4.79 Å². The van der Waals surface area contributed by atoms with Crippen LogP contribution in [0, 0.1) is 11.3 Å². The Balaban J connectivity index is 1.86. The zero-order valence-electron chi connectivity index (χ0n) is 15.3. The first kappa shape index (κ1) is 17.6. The summed E-state index contributed by atoms with van der Waals surface area (Å²) in [5.74, 6) is 2.33. The Morgan fingerprint density at radius 1 is 1.36 bits per heavy atom. The molecule has 2 aliphatic rings. The van der Waals surface area contributed by atoms with Crippen molar-refractivity contribution in [3.8, 4) is 11.5 Å². The molecule has 1 amide bonds. The number of hydrogen-bond donors (Lipinski definition) is 0. The molecule has 1 heterocycles. The van der Waals surface area contributed by atoms with Gasteiger partial charge in [-0.05, 0) is 36.5 Å². The predicted molar refractivity (Wildman–Crippen MR) is 96.2 cm³/mol. The monoisotopic (exact) mass is 345 g/mol. The molecule has 1 aromatic carbocycles. The molecular formula is C20H27NO4. The number of methoxy groups -OCH3 is 2. The van der Waals surface area contributed by atoms with E-state index in [2.05, 4.69) is 25.6 Å². The van der Waals surface area contributed by atoms with Gasteiger partial charge in [0.1, 0.15) is 0 Å². The summed E-state index contributed by atoms with van der Waals surface area (Å²) in [5.41, 5.74) is 0.914. The number of likely N-dealkylation sites (tertiary alicyclic amines) is 1. The van der Waals surface area contributed by atoms with Crippen LogP contribution in [0.25, 0.3) is 0 Å². The number of hydrogen-bond acceptors (Lipinski definition) is 4. The van der Waals surface area contributed by atoms with E-state index in [1.54, 1.807) is 12.0 Å². The number of ether oxygens (including phenoxy) is 3. The smallest absolute Gasteiger partial charge is 0.409 e. The van der Waals surface area contributed by atoms with Gasteiger partial charge in [0.15, 0.2) is 11.5 Å². The normalized spacial score (nSPS) is 25.6. The van der Waals surface area contributed by atoms with Gasteiger partial charge in [0.2, 0.25) is 0 Å². The van der Waals surface area contributed by atoms with Crippen LogP contribution in [0.1, 0.15) is 31.2 Å². The third-order valence-corrected chi connectivity index (χ3v) is 5.39. The van der Waals surface area contributed by atoms with Crippen LogP contribution in [0.3, 0.4) is 0 Å². The Morgan fingerprint density at radius 3 is 2.72 bits per heavy atom. The zero-order valence-corrected chi connectivity index (χ0v) is 15.3. The highest BCUT2D eigenvalue weighted by molar-refractivity contribution is 5.68. The van der Waals surface area contributed by atoms with E-state index >= 15 is 0 Å². The molecule has 0 unspecified atom stereocenters. The first-order valence-corrected chi connectivity index (χ1v) is 8.78. The second-order valence-electron chi connectivity index (χ2n) is 7.28. The van der Waals surface area contributed by atoms with Gasteiger partial charge in [-0.1, -0.05) is 19.1 Å². The topological polar surface area (TPSA) is 48.0 Å². The largest absolute Gasteiger partial charge is 0.493 e. The van der Waals surface area contributed by atoms with Gasteiger partial charge in [0.05, 0.1) is 20.8 Å². The predicted octanol–water partition coefficient (Wildman–Crippen LogP) is 3.84. The summed E-state index contributed by atoms with van der Waals surface area (Å²) in [6, 6.07) is 6.05. The van der Waals surface area contributed by atoms with Crippen LogP contribution in [0.4, 0.5) is 4.79 Å². The summed E-state index contributed by atoms with van der Waals surface area (Å²) in [5, 5.41) is 0. The van der Waals surface area contributed by atoms with Crippen molar-refractivity contribution in [1.29, 1.82) is 0 Å². The van der Waals surface area contributed by atoms with Crippen molar-refractivity contribution >= 4 is 6.09 Å². The van der Waals surface area contributed by atoms with E-state index in [4.69, 9.17) is 14.2 Å². The SMILES string of the molecule is C=C[C@]1(C)CN(C(=O)OC)C[C@H]1c1ccc(OC)c(OCC2CC2)c1. The zero-order chi connectivity index (χ0) is 18.0. The minimum absolute atomic E-state index is 0.137. The van der Waals surface area contributed by atoms with Crippen molar-refractivity contribution in [2.75, 3.05) is 33.9 Å². The molecule has 1 aliphatic carbocycles. The Labute approximate surface area is 149 Å². The molecule has 2 atom stereocenters. The van der Waals surface area contributed by atoms with E-state index in [0.717, 1.165) is 23.7 Å². The lowest BCUT2D eigenvalue weighted by atomic mass is 9.76. The number of amides is 1. The van der Waals surface area contributed by atoms with Crippen molar-refractivity contribution in [3.63, 3.8) is 0 Å². The summed E-state index contributed by atoms with van der Waals surface area (Å²) >= 11 is 0. The molecule has 5 heteroatoms. The summed E-state index contributed by atoms with van der Waals surface area (Å²) < 4.78 is 16.3. The van der Waals surface area contributed by atoms with E-state index in [1.165, 1.54) is 20.0 Å². The van der Waals surface area contributed by atoms with Crippen LogP contribution < -0.4 is 9.47 Å². The lowest BCUT2D eigenvalue weighted by molar-refractivity contribution is 0.130. The molecule has 5 nitrogen and oxygen atoms in total. The van der Waals surface area contributed by atoms with Crippen LogP contribution >= 0.6 is 0 Å². The van der Waals surface area contributed by atoms with E-state index in [9.17, 15) is 4.79 Å². The van der Waals surface area contributed by atoms with Crippen molar-refractivity contribution in [1.82, 2.24) is 4.90 Å². The molecule has 1 saturated carbocycles. The maximum Gasteiger partial charge on any atom is 0.409 e. The van der Waals surface area contributed by atoms with Gasteiger partial charge in [0.25, 0.3) is 0 Å². The molecule has 0 radical (unpaired) electrons. The van der Waals surface area contributed by atoms with Crippen molar-refractivity contribution in [3.05, 3.63) is 36.4 Å². The molecule has 0 N–H and O–H groups in total. The maximum atomic E-state index is 12.0. The molecule has 0 aromatic heterocycles. The summed E-state index contributed by atoms with van der Waals surface area (Å²) in [7, 11) is 3.07. The Kier molecular flexibility index (Phi) is 4.93. The standard InChI is InChI=1S/C20H27NO4/c1-5-20(2)13-21(19(22)24-4)11-16(20)15-8-9-17(23-3)18(10-15)25-12-14-6-7-14/h5,8-10,14,16H,1,6-7,11-13H2,2-4H3/t16-,20+/m0/s1. The van der Waals surface area contributed by atoms with Gasteiger partial charge in [-0.2, -0.15) is 0 Å². The Hall–Kier alpha value is -2.17. The van der Waals surface area contributed by atoms with Crippen molar-refractivity contribution < 1.29 is 19.0 Å².